The van der Waals surface area contributed by atoms with Crippen molar-refractivity contribution in [3.63, 3.8) is 0 Å². The lowest BCUT2D eigenvalue weighted by atomic mass is 10.0. The Bertz CT molecular complexity index is 690. The lowest BCUT2D eigenvalue weighted by Crippen LogP contribution is -2.35. The van der Waals surface area contributed by atoms with E-state index in [9.17, 15) is 9.59 Å². The Morgan fingerprint density at radius 3 is 2.59 bits per heavy atom. The molecule has 0 aliphatic carbocycles. The average Bonchev–Trinajstić information content (AvgIpc) is 2.80. The lowest BCUT2D eigenvalue weighted by Gasteiger charge is -2.18. The first-order valence-electron chi connectivity index (χ1n) is 7.14. The van der Waals surface area contributed by atoms with Crippen LogP contribution in [0.3, 0.4) is 0 Å². The van der Waals surface area contributed by atoms with Crippen molar-refractivity contribution in [1.82, 2.24) is 19.7 Å². The molecule has 0 bridgehead atoms. The van der Waals surface area contributed by atoms with Gasteiger partial charge in [0.15, 0.2) is 0 Å². The molecule has 22 heavy (non-hydrogen) atoms. The molecule has 0 spiro atoms. The van der Waals surface area contributed by atoms with E-state index in [2.05, 4.69) is 17.3 Å². The zero-order chi connectivity index (χ0) is 16.1. The van der Waals surface area contributed by atoms with Crippen LogP contribution in [0.5, 0.6) is 0 Å². The normalized spacial score (nSPS) is 12.1. The minimum atomic E-state index is -0.311. The van der Waals surface area contributed by atoms with Gasteiger partial charge in [-0.3, -0.25) is 9.36 Å². The number of carbonyl (C=O) groups is 1. The van der Waals surface area contributed by atoms with Crippen LogP contribution in [-0.4, -0.2) is 20.3 Å². The quantitative estimate of drug-likeness (QED) is 0.883. The Morgan fingerprint density at radius 1 is 1.36 bits per heavy atom. The Morgan fingerprint density at radius 2 is 2.05 bits per heavy atom. The maximum Gasteiger partial charge on any atom is 0.345 e. The highest BCUT2D eigenvalue weighted by molar-refractivity contribution is 6.30. The van der Waals surface area contributed by atoms with Gasteiger partial charge in [-0.1, -0.05) is 37.1 Å². The topological polar surface area (TPSA) is 68.9 Å². The number of nitrogens with zero attached hydrogens (tertiary/aromatic N) is 3. The summed E-state index contributed by atoms with van der Waals surface area (Å²) in [6, 6.07) is 7.30. The van der Waals surface area contributed by atoms with E-state index in [0.29, 0.717) is 5.02 Å². The highest BCUT2D eigenvalue weighted by Gasteiger charge is 2.15. The van der Waals surface area contributed by atoms with Crippen LogP contribution in [0.15, 0.2) is 35.4 Å². The molecule has 0 aliphatic rings. The van der Waals surface area contributed by atoms with Crippen LogP contribution in [0.2, 0.25) is 5.02 Å². The predicted octanol–water partition coefficient (Wildman–Crippen LogP) is 1.89. The van der Waals surface area contributed by atoms with E-state index in [0.717, 1.165) is 23.1 Å². The third-order valence-electron chi connectivity index (χ3n) is 3.37. The highest BCUT2D eigenvalue weighted by Crippen LogP contribution is 2.20. The number of rotatable bonds is 6. The van der Waals surface area contributed by atoms with Crippen molar-refractivity contribution < 1.29 is 4.79 Å². The fourth-order valence-corrected chi connectivity index (χ4v) is 2.34. The Kier molecular flexibility index (Phi) is 5.38. The van der Waals surface area contributed by atoms with Crippen LogP contribution in [0.4, 0.5) is 0 Å². The Balaban J connectivity index is 2.07. The van der Waals surface area contributed by atoms with Gasteiger partial charge in [-0.2, -0.15) is 5.10 Å². The van der Waals surface area contributed by atoms with Gasteiger partial charge in [0, 0.05) is 12.1 Å². The van der Waals surface area contributed by atoms with Crippen LogP contribution >= 0.6 is 11.6 Å². The zero-order valence-electron chi connectivity index (χ0n) is 12.6. The number of aromatic nitrogens is 3. The molecular formula is C15H19ClN4O2. The summed E-state index contributed by atoms with van der Waals surface area (Å²) in [7, 11) is 1.59. The summed E-state index contributed by atoms with van der Waals surface area (Å²) >= 11 is 5.89. The fourth-order valence-electron chi connectivity index (χ4n) is 2.21. The molecule has 118 valence electrons. The van der Waals surface area contributed by atoms with Gasteiger partial charge in [0.25, 0.3) is 0 Å². The largest absolute Gasteiger partial charge is 0.348 e. The third kappa shape index (κ3) is 3.98. The van der Waals surface area contributed by atoms with Crippen molar-refractivity contribution in [3.8, 4) is 0 Å². The van der Waals surface area contributed by atoms with Gasteiger partial charge in [0.05, 0.1) is 6.04 Å². The van der Waals surface area contributed by atoms with Crippen LogP contribution < -0.4 is 11.0 Å². The standard InChI is InChI=1S/C15H19ClN4O2/c1-3-4-13(11-5-7-12(16)8-6-11)18-14(21)9-20-15(22)19(2)10-17-20/h5-8,10,13H,3-4,9H2,1-2H3,(H,18,21)/t13-/m1/s1. The van der Waals surface area contributed by atoms with E-state index in [1.807, 2.05) is 12.1 Å². The Hall–Kier alpha value is -2.08. The van der Waals surface area contributed by atoms with Crippen molar-refractivity contribution in [3.05, 3.63) is 51.7 Å². The molecule has 1 N–H and O–H groups in total. The summed E-state index contributed by atoms with van der Waals surface area (Å²) in [6.07, 6.45) is 3.12. The fraction of sp³-hybridized carbons (Fsp3) is 0.400. The van der Waals surface area contributed by atoms with E-state index >= 15 is 0 Å². The predicted molar refractivity (Wildman–Crippen MR) is 84.7 cm³/mol. The van der Waals surface area contributed by atoms with Crippen molar-refractivity contribution in [2.24, 2.45) is 7.05 Å². The van der Waals surface area contributed by atoms with Gasteiger partial charge in [-0.15, -0.1) is 0 Å². The summed E-state index contributed by atoms with van der Waals surface area (Å²) < 4.78 is 2.47. The molecule has 0 unspecified atom stereocenters. The third-order valence-corrected chi connectivity index (χ3v) is 3.62. The van der Waals surface area contributed by atoms with Crippen molar-refractivity contribution in [2.75, 3.05) is 0 Å². The molecule has 1 aromatic heterocycles. The second-order valence-electron chi connectivity index (χ2n) is 5.14. The van der Waals surface area contributed by atoms with E-state index in [4.69, 9.17) is 11.6 Å². The van der Waals surface area contributed by atoms with Crippen LogP contribution in [0.1, 0.15) is 31.4 Å². The molecule has 1 amide bonds. The molecule has 6 nitrogen and oxygen atoms in total. The summed E-state index contributed by atoms with van der Waals surface area (Å²) in [5, 5.41) is 7.49. The SMILES string of the molecule is CCC[C@@H](NC(=O)Cn1ncn(C)c1=O)c1ccc(Cl)cc1. The molecule has 0 fully saturated rings. The summed E-state index contributed by atoms with van der Waals surface area (Å²) in [5.74, 6) is -0.241. The van der Waals surface area contributed by atoms with Crippen LogP contribution in [-0.2, 0) is 18.4 Å². The van der Waals surface area contributed by atoms with E-state index in [-0.39, 0.29) is 24.2 Å². The minimum Gasteiger partial charge on any atom is -0.348 e. The maximum absolute atomic E-state index is 12.2. The van der Waals surface area contributed by atoms with E-state index < -0.39 is 0 Å². The minimum absolute atomic E-state index is 0.0898. The number of nitrogens with one attached hydrogen (secondary N) is 1. The van der Waals surface area contributed by atoms with Gasteiger partial charge in [0.1, 0.15) is 12.9 Å². The summed E-state index contributed by atoms with van der Waals surface area (Å²) in [6.45, 7) is 1.96. The number of aryl methyl sites for hydroxylation is 1. The van der Waals surface area contributed by atoms with Gasteiger partial charge in [-0.05, 0) is 24.1 Å². The average molecular weight is 323 g/mol. The second-order valence-corrected chi connectivity index (χ2v) is 5.58. The molecule has 0 radical (unpaired) electrons. The highest BCUT2D eigenvalue weighted by atomic mass is 35.5. The summed E-state index contributed by atoms with van der Waals surface area (Å²) in [4.78, 5) is 23.8. The van der Waals surface area contributed by atoms with E-state index in [1.54, 1.807) is 19.2 Å². The lowest BCUT2D eigenvalue weighted by molar-refractivity contribution is -0.122. The smallest absolute Gasteiger partial charge is 0.345 e. The molecule has 1 atom stereocenters. The van der Waals surface area contributed by atoms with Gasteiger partial charge in [0.2, 0.25) is 5.91 Å². The van der Waals surface area contributed by atoms with Crippen molar-refractivity contribution in [2.45, 2.75) is 32.4 Å². The number of carbonyl (C=O) groups excluding carboxylic acids is 1. The molecule has 1 heterocycles. The van der Waals surface area contributed by atoms with Crippen molar-refractivity contribution >= 4 is 17.5 Å². The number of halogens is 1. The number of hydrogen-bond donors (Lipinski definition) is 1. The Labute approximate surface area is 133 Å². The first kappa shape index (κ1) is 16.3. The molecule has 2 aromatic rings. The zero-order valence-corrected chi connectivity index (χ0v) is 13.4. The monoisotopic (exact) mass is 322 g/mol. The molecule has 7 heteroatoms. The first-order valence-corrected chi connectivity index (χ1v) is 7.52. The van der Waals surface area contributed by atoms with Crippen LogP contribution in [0.25, 0.3) is 0 Å². The molecule has 0 aliphatic heterocycles. The molecule has 2 rings (SSSR count). The van der Waals surface area contributed by atoms with Crippen LogP contribution in [0, 0.1) is 0 Å². The number of benzene rings is 1. The molecule has 0 saturated heterocycles. The molecular weight excluding hydrogens is 304 g/mol. The van der Waals surface area contributed by atoms with Crippen molar-refractivity contribution in [1.29, 1.82) is 0 Å². The second kappa shape index (κ2) is 7.26. The van der Waals surface area contributed by atoms with Gasteiger partial charge >= 0.3 is 5.69 Å². The number of amides is 1. The molecule has 1 aromatic carbocycles. The first-order chi connectivity index (χ1) is 10.5. The van der Waals surface area contributed by atoms with Gasteiger partial charge in [-0.25, -0.2) is 9.48 Å². The maximum atomic E-state index is 12.2. The molecule has 0 saturated carbocycles. The number of hydrogen-bond acceptors (Lipinski definition) is 3. The van der Waals surface area contributed by atoms with E-state index in [1.165, 1.54) is 10.9 Å². The van der Waals surface area contributed by atoms with Gasteiger partial charge < -0.3 is 5.32 Å². The summed E-state index contributed by atoms with van der Waals surface area (Å²) in [5.41, 5.74) is 0.682.